The minimum atomic E-state index is -3.53. The third-order valence-corrected chi connectivity index (χ3v) is 7.19. The maximum Gasteiger partial charge on any atom is 0.243 e. The number of benzene rings is 1. The number of sulfonamides is 1. The van der Waals surface area contributed by atoms with Gasteiger partial charge in [-0.3, -0.25) is 0 Å². The third-order valence-electron chi connectivity index (χ3n) is 3.13. The molecular weight excluding hydrogens is 358 g/mol. The van der Waals surface area contributed by atoms with Crippen molar-refractivity contribution in [1.29, 1.82) is 0 Å². The standard InChI is InChI=1S/C16H31NO4SSi2/c1-23(2,3)20-14-12-17(13-15-21-24(4,5)6)22(18,19)16-10-8-7-9-11-16/h7-11H,12-15H2,1-6H3. The van der Waals surface area contributed by atoms with Crippen LogP contribution in [0, 0.1) is 0 Å². The molecule has 1 aromatic carbocycles. The topological polar surface area (TPSA) is 55.8 Å². The van der Waals surface area contributed by atoms with Crippen molar-refractivity contribution < 1.29 is 17.3 Å². The third kappa shape index (κ3) is 8.04. The molecule has 0 heterocycles. The van der Waals surface area contributed by atoms with E-state index in [0.29, 0.717) is 31.2 Å². The van der Waals surface area contributed by atoms with Gasteiger partial charge in [0.1, 0.15) is 0 Å². The van der Waals surface area contributed by atoms with Gasteiger partial charge in [-0.05, 0) is 51.4 Å². The molecule has 0 N–H and O–H groups in total. The molecule has 5 nitrogen and oxygen atoms in total. The maximum absolute atomic E-state index is 12.9. The highest BCUT2D eigenvalue weighted by Crippen LogP contribution is 2.16. The van der Waals surface area contributed by atoms with Gasteiger partial charge in [-0.1, -0.05) is 18.2 Å². The molecule has 0 aromatic heterocycles. The Hall–Kier alpha value is -0.516. The fraction of sp³-hybridized carbons (Fsp3) is 0.625. The van der Waals surface area contributed by atoms with Gasteiger partial charge in [-0.25, -0.2) is 8.42 Å². The van der Waals surface area contributed by atoms with E-state index in [1.54, 1.807) is 24.3 Å². The molecule has 0 saturated heterocycles. The summed E-state index contributed by atoms with van der Waals surface area (Å²) in [7, 11) is -6.87. The van der Waals surface area contributed by atoms with Crippen LogP contribution < -0.4 is 0 Å². The summed E-state index contributed by atoms with van der Waals surface area (Å²) in [6.45, 7) is 14.1. The van der Waals surface area contributed by atoms with Crippen molar-refractivity contribution in [1.82, 2.24) is 4.31 Å². The Bertz CT molecular complexity index is 575. The number of nitrogens with zero attached hydrogens (tertiary/aromatic N) is 1. The largest absolute Gasteiger partial charge is 0.416 e. The van der Waals surface area contributed by atoms with Crippen LogP contribution in [0.15, 0.2) is 35.2 Å². The van der Waals surface area contributed by atoms with E-state index < -0.39 is 26.7 Å². The van der Waals surface area contributed by atoms with E-state index in [9.17, 15) is 8.42 Å². The van der Waals surface area contributed by atoms with E-state index in [4.69, 9.17) is 8.85 Å². The molecule has 0 radical (unpaired) electrons. The van der Waals surface area contributed by atoms with Crippen LogP contribution in [0.25, 0.3) is 0 Å². The fourth-order valence-corrected chi connectivity index (χ4v) is 4.84. The van der Waals surface area contributed by atoms with Gasteiger partial charge in [0, 0.05) is 26.3 Å². The normalized spacial score (nSPS) is 13.5. The van der Waals surface area contributed by atoms with Crippen LogP contribution in [-0.4, -0.2) is 55.7 Å². The molecule has 0 aliphatic heterocycles. The fourth-order valence-electron chi connectivity index (χ4n) is 2.00. The molecule has 0 amide bonds. The number of hydrogen-bond donors (Lipinski definition) is 0. The van der Waals surface area contributed by atoms with Crippen LogP contribution in [0.3, 0.4) is 0 Å². The average Bonchev–Trinajstić information content (AvgIpc) is 2.44. The summed E-state index contributed by atoms with van der Waals surface area (Å²) in [6, 6.07) is 8.54. The maximum atomic E-state index is 12.9. The second kappa shape index (κ2) is 8.73. The van der Waals surface area contributed by atoms with Crippen molar-refractivity contribution in [2.75, 3.05) is 26.3 Å². The van der Waals surface area contributed by atoms with Gasteiger partial charge in [-0.2, -0.15) is 4.31 Å². The summed E-state index contributed by atoms with van der Waals surface area (Å²) in [5.74, 6) is 0. The van der Waals surface area contributed by atoms with Crippen molar-refractivity contribution in [2.45, 2.75) is 44.2 Å². The Balaban J connectivity index is 2.83. The highest BCUT2D eigenvalue weighted by molar-refractivity contribution is 7.89. The Kier molecular flexibility index (Phi) is 7.83. The summed E-state index contributed by atoms with van der Waals surface area (Å²) in [6.07, 6.45) is 0. The predicted octanol–water partition coefficient (Wildman–Crippen LogP) is 3.38. The van der Waals surface area contributed by atoms with Gasteiger partial charge in [0.25, 0.3) is 0 Å². The van der Waals surface area contributed by atoms with Crippen molar-refractivity contribution in [3.05, 3.63) is 30.3 Å². The highest BCUT2D eigenvalue weighted by atomic mass is 32.2. The Morgan fingerprint density at radius 1 is 0.833 bits per heavy atom. The highest BCUT2D eigenvalue weighted by Gasteiger charge is 2.25. The van der Waals surface area contributed by atoms with Crippen molar-refractivity contribution in [3.8, 4) is 0 Å². The SMILES string of the molecule is C[Si](C)(C)OCCN(CCO[Si](C)(C)C)S(=O)(=O)c1ccccc1. The first-order chi connectivity index (χ1) is 10.9. The Morgan fingerprint density at radius 3 is 1.62 bits per heavy atom. The molecule has 0 spiro atoms. The van der Waals surface area contributed by atoms with Crippen LogP contribution in [0.1, 0.15) is 0 Å². The second-order valence-electron chi connectivity index (χ2n) is 7.64. The van der Waals surface area contributed by atoms with E-state index in [1.807, 2.05) is 6.07 Å². The minimum Gasteiger partial charge on any atom is -0.416 e. The molecule has 0 atom stereocenters. The first-order valence-electron chi connectivity index (χ1n) is 8.25. The first-order valence-corrected chi connectivity index (χ1v) is 16.5. The molecule has 138 valence electrons. The molecule has 8 heteroatoms. The van der Waals surface area contributed by atoms with Gasteiger partial charge in [0.2, 0.25) is 10.0 Å². The zero-order valence-electron chi connectivity index (χ0n) is 15.7. The average molecular weight is 390 g/mol. The number of hydrogen-bond acceptors (Lipinski definition) is 4. The van der Waals surface area contributed by atoms with E-state index in [-0.39, 0.29) is 0 Å². The molecule has 1 aromatic rings. The molecule has 24 heavy (non-hydrogen) atoms. The van der Waals surface area contributed by atoms with Crippen LogP contribution in [0.2, 0.25) is 39.3 Å². The lowest BCUT2D eigenvalue weighted by Crippen LogP contribution is -2.40. The monoisotopic (exact) mass is 389 g/mol. The molecule has 0 aliphatic rings. The molecule has 0 fully saturated rings. The van der Waals surface area contributed by atoms with E-state index in [2.05, 4.69) is 39.3 Å². The second-order valence-corrected chi connectivity index (χ2v) is 18.6. The molecule has 1 rings (SSSR count). The molecule has 0 bridgehead atoms. The summed E-state index contributed by atoms with van der Waals surface area (Å²) in [5, 5.41) is 0. The van der Waals surface area contributed by atoms with Gasteiger partial charge in [0.15, 0.2) is 16.6 Å². The summed E-state index contributed by atoms with van der Waals surface area (Å²) >= 11 is 0. The van der Waals surface area contributed by atoms with E-state index >= 15 is 0 Å². The molecule has 0 saturated carbocycles. The zero-order chi connectivity index (χ0) is 18.4. The van der Waals surface area contributed by atoms with Gasteiger partial charge >= 0.3 is 0 Å². The predicted molar refractivity (Wildman–Crippen MR) is 104 cm³/mol. The molecular formula is C16H31NO4SSi2. The van der Waals surface area contributed by atoms with E-state index in [1.165, 1.54) is 4.31 Å². The van der Waals surface area contributed by atoms with Crippen LogP contribution in [0.5, 0.6) is 0 Å². The van der Waals surface area contributed by atoms with Crippen LogP contribution in [-0.2, 0) is 18.9 Å². The summed E-state index contributed by atoms with van der Waals surface area (Å²) in [5.41, 5.74) is 0. The van der Waals surface area contributed by atoms with Crippen LogP contribution >= 0.6 is 0 Å². The zero-order valence-corrected chi connectivity index (χ0v) is 18.5. The van der Waals surface area contributed by atoms with Gasteiger partial charge in [0.05, 0.1) is 4.90 Å². The quantitative estimate of drug-likeness (QED) is 0.576. The van der Waals surface area contributed by atoms with Crippen LogP contribution in [0.4, 0.5) is 0 Å². The van der Waals surface area contributed by atoms with Gasteiger partial charge in [-0.15, -0.1) is 0 Å². The molecule has 0 aliphatic carbocycles. The number of rotatable bonds is 10. The van der Waals surface area contributed by atoms with E-state index in [0.717, 1.165) is 0 Å². The van der Waals surface area contributed by atoms with Crippen molar-refractivity contribution in [2.24, 2.45) is 0 Å². The van der Waals surface area contributed by atoms with Crippen molar-refractivity contribution >= 4 is 26.7 Å². The lowest BCUT2D eigenvalue weighted by atomic mass is 10.4. The Labute approximate surface area is 149 Å². The lowest BCUT2D eigenvalue weighted by Gasteiger charge is -2.26. The summed E-state index contributed by atoms with van der Waals surface area (Å²) in [4.78, 5) is 0.311. The van der Waals surface area contributed by atoms with Crippen molar-refractivity contribution in [3.63, 3.8) is 0 Å². The lowest BCUT2D eigenvalue weighted by molar-refractivity contribution is 0.232. The minimum absolute atomic E-state index is 0.311. The summed E-state index contributed by atoms with van der Waals surface area (Å²) < 4.78 is 38.9. The Morgan fingerprint density at radius 2 is 1.25 bits per heavy atom. The molecule has 0 unspecified atom stereocenters. The van der Waals surface area contributed by atoms with Gasteiger partial charge < -0.3 is 8.85 Å². The first kappa shape index (κ1) is 21.5. The smallest absolute Gasteiger partial charge is 0.243 e.